The molecule has 2 aromatic carbocycles. The summed E-state index contributed by atoms with van der Waals surface area (Å²) in [4.78, 5) is 16.5. The van der Waals surface area contributed by atoms with Gasteiger partial charge in [-0.3, -0.25) is 4.79 Å². The first-order chi connectivity index (χ1) is 12.1. The van der Waals surface area contributed by atoms with Crippen LogP contribution >= 0.6 is 0 Å². The molecule has 0 atom stereocenters. The van der Waals surface area contributed by atoms with E-state index in [1.54, 1.807) is 12.3 Å². The van der Waals surface area contributed by atoms with Gasteiger partial charge < -0.3 is 9.80 Å². The van der Waals surface area contributed by atoms with Crippen molar-refractivity contribution in [3.05, 3.63) is 59.7 Å². The Balaban J connectivity index is 1.59. The van der Waals surface area contributed by atoms with E-state index < -0.39 is 0 Å². The quantitative estimate of drug-likeness (QED) is 0.674. The summed E-state index contributed by atoms with van der Waals surface area (Å²) in [7, 11) is 3.89. The number of hydrogen-bond acceptors (Lipinski definition) is 4. The Morgan fingerprint density at radius 3 is 2.52 bits per heavy atom. The predicted octanol–water partition coefficient (Wildman–Crippen LogP) is 3.12. The summed E-state index contributed by atoms with van der Waals surface area (Å²) >= 11 is 0. The molecule has 1 fully saturated rings. The van der Waals surface area contributed by atoms with Crippen LogP contribution in [0.2, 0.25) is 0 Å². The normalized spacial score (nSPS) is 14.1. The highest BCUT2D eigenvalue weighted by molar-refractivity contribution is 5.95. The van der Waals surface area contributed by atoms with Crippen LogP contribution in [0.1, 0.15) is 28.8 Å². The standard InChI is InChI=1S/C20H24N4O/c1-23(2)19-7-5-6-17(14-19)20(25)22-21-15-16-8-10-18(11-9-16)24-12-3-4-13-24/h5-11,14-15H,3-4,12-13H2,1-2H3,(H,22,25). The molecule has 0 radical (unpaired) electrons. The molecule has 0 saturated carbocycles. The molecule has 1 saturated heterocycles. The average Bonchev–Trinajstić information content (AvgIpc) is 3.17. The molecule has 0 aromatic heterocycles. The predicted molar refractivity (Wildman–Crippen MR) is 104 cm³/mol. The monoisotopic (exact) mass is 336 g/mol. The van der Waals surface area contributed by atoms with E-state index in [4.69, 9.17) is 0 Å². The molecule has 1 aliphatic heterocycles. The molecule has 0 aliphatic carbocycles. The number of benzene rings is 2. The zero-order valence-electron chi connectivity index (χ0n) is 14.8. The smallest absolute Gasteiger partial charge is 0.271 e. The lowest BCUT2D eigenvalue weighted by atomic mass is 10.2. The maximum Gasteiger partial charge on any atom is 0.271 e. The highest BCUT2D eigenvalue weighted by Gasteiger charge is 2.11. The van der Waals surface area contributed by atoms with Gasteiger partial charge in [-0.1, -0.05) is 18.2 Å². The van der Waals surface area contributed by atoms with Gasteiger partial charge in [0, 0.05) is 44.1 Å². The number of carbonyl (C=O) groups excluding carboxylic acids is 1. The molecule has 1 N–H and O–H groups in total. The molecule has 1 heterocycles. The fourth-order valence-corrected chi connectivity index (χ4v) is 2.90. The number of hydrogen-bond donors (Lipinski definition) is 1. The Morgan fingerprint density at radius 1 is 1.12 bits per heavy atom. The van der Waals surface area contributed by atoms with Crippen molar-refractivity contribution in [2.45, 2.75) is 12.8 Å². The molecule has 5 nitrogen and oxygen atoms in total. The summed E-state index contributed by atoms with van der Waals surface area (Å²) in [5.41, 5.74) is 6.37. The van der Waals surface area contributed by atoms with E-state index in [9.17, 15) is 4.79 Å². The Bertz CT molecular complexity index is 747. The van der Waals surface area contributed by atoms with Crippen molar-refractivity contribution >= 4 is 23.5 Å². The van der Waals surface area contributed by atoms with Gasteiger partial charge in [-0.05, 0) is 48.7 Å². The van der Waals surface area contributed by atoms with Crippen LogP contribution in [0.4, 0.5) is 11.4 Å². The summed E-state index contributed by atoms with van der Waals surface area (Å²) in [5, 5.41) is 4.07. The van der Waals surface area contributed by atoms with E-state index >= 15 is 0 Å². The number of hydrazone groups is 1. The lowest BCUT2D eigenvalue weighted by Gasteiger charge is -2.17. The lowest BCUT2D eigenvalue weighted by molar-refractivity contribution is 0.0955. The second kappa shape index (κ2) is 7.83. The largest absolute Gasteiger partial charge is 0.378 e. The number of amides is 1. The highest BCUT2D eigenvalue weighted by Crippen LogP contribution is 2.20. The summed E-state index contributed by atoms with van der Waals surface area (Å²) in [6.07, 6.45) is 4.20. The Hall–Kier alpha value is -2.82. The number of carbonyl (C=O) groups is 1. The Morgan fingerprint density at radius 2 is 1.84 bits per heavy atom. The molecular formula is C20H24N4O. The first-order valence-corrected chi connectivity index (χ1v) is 8.59. The van der Waals surface area contributed by atoms with Crippen molar-refractivity contribution in [1.82, 2.24) is 5.43 Å². The van der Waals surface area contributed by atoms with Crippen LogP contribution in [-0.4, -0.2) is 39.3 Å². The van der Waals surface area contributed by atoms with Gasteiger partial charge >= 0.3 is 0 Å². The zero-order valence-corrected chi connectivity index (χ0v) is 14.8. The SMILES string of the molecule is CN(C)c1cccc(C(=O)NN=Cc2ccc(N3CCCC3)cc2)c1. The van der Waals surface area contributed by atoms with Crippen LogP contribution in [0.15, 0.2) is 53.6 Å². The first kappa shape index (κ1) is 17.0. The van der Waals surface area contributed by atoms with Gasteiger partial charge in [-0.2, -0.15) is 5.10 Å². The van der Waals surface area contributed by atoms with E-state index in [0.717, 1.165) is 24.3 Å². The van der Waals surface area contributed by atoms with Gasteiger partial charge in [0.05, 0.1) is 6.21 Å². The van der Waals surface area contributed by atoms with Crippen molar-refractivity contribution in [3.8, 4) is 0 Å². The summed E-state index contributed by atoms with van der Waals surface area (Å²) < 4.78 is 0. The summed E-state index contributed by atoms with van der Waals surface area (Å²) in [6, 6.07) is 15.7. The summed E-state index contributed by atoms with van der Waals surface area (Å²) in [6.45, 7) is 2.27. The number of rotatable bonds is 5. The molecule has 3 rings (SSSR count). The van der Waals surface area contributed by atoms with Gasteiger partial charge in [-0.25, -0.2) is 5.43 Å². The molecular weight excluding hydrogens is 312 g/mol. The maximum absolute atomic E-state index is 12.2. The fraction of sp³-hybridized carbons (Fsp3) is 0.300. The van der Waals surface area contributed by atoms with Crippen molar-refractivity contribution < 1.29 is 4.79 Å². The van der Waals surface area contributed by atoms with E-state index in [1.807, 2.05) is 49.3 Å². The number of nitrogens with one attached hydrogen (secondary N) is 1. The highest BCUT2D eigenvalue weighted by atomic mass is 16.2. The fourth-order valence-electron chi connectivity index (χ4n) is 2.90. The van der Waals surface area contributed by atoms with E-state index in [2.05, 4.69) is 27.6 Å². The van der Waals surface area contributed by atoms with Gasteiger partial charge in [0.15, 0.2) is 0 Å². The molecule has 1 aliphatic rings. The molecule has 0 bridgehead atoms. The van der Waals surface area contributed by atoms with Crippen molar-refractivity contribution in [1.29, 1.82) is 0 Å². The van der Waals surface area contributed by atoms with E-state index in [0.29, 0.717) is 5.56 Å². The van der Waals surface area contributed by atoms with E-state index in [1.165, 1.54) is 18.5 Å². The average molecular weight is 336 g/mol. The van der Waals surface area contributed by atoms with E-state index in [-0.39, 0.29) is 5.91 Å². The van der Waals surface area contributed by atoms with Crippen molar-refractivity contribution in [3.63, 3.8) is 0 Å². The van der Waals surface area contributed by atoms with Gasteiger partial charge in [-0.15, -0.1) is 0 Å². The van der Waals surface area contributed by atoms with Crippen LogP contribution in [0, 0.1) is 0 Å². The number of anilines is 2. The summed E-state index contributed by atoms with van der Waals surface area (Å²) in [5.74, 6) is -0.214. The second-order valence-electron chi connectivity index (χ2n) is 6.43. The maximum atomic E-state index is 12.2. The van der Waals surface area contributed by atoms with Gasteiger partial charge in [0.2, 0.25) is 0 Å². The lowest BCUT2D eigenvalue weighted by Crippen LogP contribution is -2.18. The minimum absolute atomic E-state index is 0.214. The van der Waals surface area contributed by atoms with Crippen LogP contribution in [0.25, 0.3) is 0 Å². The molecule has 2 aromatic rings. The Kier molecular flexibility index (Phi) is 5.33. The zero-order chi connectivity index (χ0) is 17.6. The van der Waals surface area contributed by atoms with Crippen LogP contribution in [0.3, 0.4) is 0 Å². The Labute approximate surface area is 148 Å². The minimum atomic E-state index is -0.214. The van der Waals surface area contributed by atoms with Crippen molar-refractivity contribution in [2.75, 3.05) is 37.0 Å². The molecule has 25 heavy (non-hydrogen) atoms. The molecule has 1 amide bonds. The van der Waals surface area contributed by atoms with Crippen molar-refractivity contribution in [2.24, 2.45) is 5.10 Å². The van der Waals surface area contributed by atoms with Gasteiger partial charge in [0.25, 0.3) is 5.91 Å². The van der Waals surface area contributed by atoms with Crippen LogP contribution in [0.5, 0.6) is 0 Å². The third-order valence-corrected chi connectivity index (χ3v) is 4.37. The van der Waals surface area contributed by atoms with Gasteiger partial charge in [0.1, 0.15) is 0 Å². The first-order valence-electron chi connectivity index (χ1n) is 8.59. The third-order valence-electron chi connectivity index (χ3n) is 4.37. The van der Waals surface area contributed by atoms with Crippen LogP contribution < -0.4 is 15.2 Å². The minimum Gasteiger partial charge on any atom is -0.378 e. The second-order valence-corrected chi connectivity index (χ2v) is 6.43. The molecule has 130 valence electrons. The molecule has 5 heteroatoms. The topological polar surface area (TPSA) is 47.9 Å². The number of nitrogens with zero attached hydrogens (tertiary/aromatic N) is 3. The third kappa shape index (κ3) is 4.38. The van der Waals surface area contributed by atoms with Crippen LogP contribution in [-0.2, 0) is 0 Å². The molecule has 0 spiro atoms. The molecule has 0 unspecified atom stereocenters.